The van der Waals surface area contributed by atoms with Gasteiger partial charge in [-0.25, -0.2) is 0 Å². The number of alkyl halides is 1. The molecule has 110 valence electrons. The van der Waals surface area contributed by atoms with Crippen LogP contribution in [0.5, 0.6) is 0 Å². The minimum atomic E-state index is 0.128. The molecule has 3 rings (SSSR count). The van der Waals surface area contributed by atoms with Gasteiger partial charge in [-0.2, -0.15) is 0 Å². The molecule has 21 heavy (non-hydrogen) atoms. The van der Waals surface area contributed by atoms with Crippen molar-refractivity contribution in [3.63, 3.8) is 0 Å². The zero-order valence-electron chi connectivity index (χ0n) is 12.0. The Kier molecular flexibility index (Phi) is 4.45. The first-order valence-electron chi connectivity index (χ1n) is 7.32. The van der Waals surface area contributed by atoms with E-state index in [4.69, 9.17) is 0 Å². The van der Waals surface area contributed by atoms with E-state index in [-0.39, 0.29) is 10.7 Å². The first-order chi connectivity index (χ1) is 10.2. The van der Waals surface area contributed by atoms with Crippen molar-refractivity contribution in [2.24, 2.45) is 0 Å². The van der Waals surface area contributed by atoms with Crippen molar-refractivity contribution >= 4 is 38.9 Å². The van der Waals surface area contributed by atoms with E-state index in [1.54, 1.807) is 0 Å². The van der Waals surface area contributed by atoms with Gasteiger partial charge in [-0.15, -0.1) is 11.3 Å². The second-order valence-corrected chi connectivity index (χ2v) is 7.45. The quantitative estimate of drug-likeness (QED) is 0.757. The Balaban J connectivity index is 1.89. The molecule has 0 radical (unpaired) electrons. The molecule has 0 aliphatic carbocycles. The van der Waals surface area contributed by atoms with E-state index in [1.807, 2.05) is 17.4 Å². The Morgan fingerprint density at radius 1 is 1.29 bits per heavy atom. The molecule has 1 aliphatic heterocycles. The van der Waals surface area contributed by atoms with Crippen molar-refractivity contribution in [2.75, 3.05) is 5.32 Å². The predicted molar refractivity (Wildman–Crippen MR) is 92.5 cm³/mol. The maximum atomic E-state index is 11.6. The van der Waals surface area contributed by atoms with E-state index < -0.39 is 0 Å². The normalized spacial score (nSPS) is 16.0. The molecule has 1 aliphatic rings. The van der Waals surface area contributed by atoms with Crippen molar-refractivity contribution in [1.29, 1.82) is 0 Å². The molecule has 1 N–H and O–H groups in total. The van der Waals surface area contributed by atoms with Crippen LogP contribution >= 0.6 is 27.3 Å². The number of carbonyl (C=O) groups is 1. The number of rotatable bonds is 3. The molecule has 1 amide bonds. The van der Waals surface area contributed by atoms with Crippen LogP contribution in [-0.4, -0.2) is 5.91 Å². The standard InChI is InChI=1S/C17H18BrNOS/c1-2-13-7-9-15(21-13)17(18)12-6-8-14-11(10-12)4-3-5-16(20)19-14/h6-10,17H,2-5H2,1H3,(H,19,20). The molecule has 1 aromatic heterocycles. The van der Waals surface area contributed by atoms with Crippen LogP contribution in [0.25, 0.3) is 0 Å². The Bertz CT molecular complexity index is 665. The molecule has 2 heterocycles. The Hall–Kier alpha value is -1.13. The van der Waals surface area contributed by atoms with E-state index >= 15 is 0 Å². The number of benzene rings is 1. The molecule has 1 aromatic carbocycles. The lowest BCUT2D eigenvalue weighted by molar-refractivity contribution is -0.116. The van der Waals surface area contributed by atoms with Gasteiger partial charge < -0.3 is 5.32 Å². The summed E-state index contributed by atoms with van der Waals surface area (Å²) in [5.74, 6) is 0.128. The van der Waals surface area contributed by atoms with E-state index in [0.717, 1.165) is 24.9 Å². The summed E-state index contributed by atoms with van der Waals surface area (Å²) in [4.78, 5) is 14.6. The van der Waals surface area contributed by atoms with Crippen molar-refractivity contribution in [3.05, 3.63) is 51.2 Å². The van der Waals surface area contributed by atoms with Crippen molar-refractivity contribution in [2.45, 2.75) is 37.4 Å². The minimum Gasteiger partial charge on any atom is -0.326 e. The first-order valence-corrected chi connectivity index (χ1v) is 9.06. The Morgan fingerprint density at radius 3 is 2.90 bits per heavy atom. The third-order valence-corrected chi connectivity index (χ3v) is 6.45. The number of nitrogens with one attached hydrogen (secondary N) is 1. The van der Waals surface area contributed by atoms with E-state index in [1.165, 1.54) is 20.9 Å². The summed E-state index contributed by atoms with van der Waals surface area (Å²) in [6.07, 6.45) is 3.59. The Morgan fingerprint density at radius 2 is 2.14 bits per heavy atom. The van der Waals surface area contributed by atoms with Crippen LogP contribution < -0.4 is 5.32 Å². The summed E-state index contributed by atoms with van der Waals surface area (Å²) in [6, 6.07) is 10.8. The fraction of sp³-hybridized carbons (Fsp3) is 0.353. The average Bonchev–Trinajstić information content (AvgIpc) is 2.89. The van der Waals surface area contributed by atoms with Crippen molar-refractivity contribution in [3.8, 4) is 0 Å². The number of aryl methyl sites for hydroxylation is 2. The van der Waals surface area contributed by atoms with E-state index in [9.17, 15) is 4.79 Å². The van der Waals surface area contributed by atoms with Crippen LogP contribution in [-0.2, 0) is 17.6 Å². The smallest absolute Gasteiger partial charge is 0.224 e. The molecule has 1 atom stereocenters. The lowest BCUT2D eigenvalue weighted by atomic mass is 10.0. The van der Waals surface area contributed by atoms with Crippen LogP contribution in [0.4, 0.5) is 5.69 Å². The number of thiophene rings is 1. The molecule has 0 spiro atoms. The van der Waals surface area contributed by atoms with E-state index in [0.29, 0.717) is 6.42 Å². The molecule has 0 saturated heterocycles. The molecule has 1 unspecified atom stereocenters. The summed E-state index contributed by atoms with van der Waals surface area (Å²) in [5, 5.41) is 2.99. The number of hydrogen-bond acceptors (Lipinski definition) is 2. The number of hydrogen-bond donors (Lipinski definition) is 1. The van der Waals surface area contributed by atoms with Crippen LogP contribution in [0.1, 0.15) is 45.5 Å². The molecule has 2 aromatic rings. The van der Waals surface area contributed by atoms with Gasteiger partial charge in [0.05, 0.1) is 4.83 Å². The summed E-state index contributed by atoms with van der Waals surface area (Å²) < 4.78 is 0. The number of halogens is 1. The maximum absolute atomic E-state index is 11.6. The fourth-order valence-corrected chi connectivity index (χ4v) is 4.31. The summed E-state index contributed by atoms with van der Waals surface area (Å²) in [7, 11) is 0. The third kappa shape index (κ3) is 3.22. The van der Waals surface area contributed by atoms with Crippen LogP contribution in [0, 0.1) is 0 Å². The molecule has 0 bridgehead atoms. The van der Waals surface area contributed by atoms with Gasteiger partial charge in [0.1, 0.15) is 0 Å². The van der Waals surface area contributed by atoms with E-state index in [2.05, 4.69) is 52.4 Å². The third-order valence-electron chi connectivity index (χ3n) is 3.83. The van der Waals surface area contributed by atoms with Crippen molar-refractivity contribution < 1.29 is 4.79 Å². The van der Waals surface area contributed by atoms with Gasteiger partial charge in [0, 0.05) is 21.9 Å². The summed E-state index contributed by atoms with van der Waals surface area (Å²) in [5.41, 5.74) is 3.48. The fourth-order valence-electron chi connectivity index (χ4n) is 2.64. The minimum absolute atomic E-state index is 0.128. The predicted octanol–water partition coefficient (Wildman–Crippen LogP) is 5.07. The number of fused-ring (bicyclic) bond motifs is 1. The molecule has 0 fully saturated rings. The molecular formula is C17H18BrNOS. The lowest BCUT2D eigenvalue weighted by Crippen LogP contribution is -2.09. The zero-order valence-corrected chi connectivity index (χ0v) is 14.4. The number of amides is 1. The van der Waals surface area contributed by atoms with Gasteiger partial charge in [0.25, 0.3) is 0 Å². The van der Waals surface area contributed by atoms with Crippen molar-refractivity contribution in [1.82, 2.24) is 0 Å². The number of carbonyl (C=O) groups excluding carboxylic acids is 1. The molecule has 2 nitrogen and oxygen atoms in total. The molecule has 4 heteroatoms. The largest absolute Gasteiger partial charge is 0.326 e. The van der Waals surface area contributed by atoms with Gasteiger partial charge >= 0.3 is 0 Å². The Labute approximate surface area is 137 Å². The second kappa shape index (κ2) is 6.32. The highest BCUT2D eigenvalue weighted by molar-refractivity contribution is 9.09. The van der Waals surface area contributed by atoms with Crippen LogP contribution in [0.2, 0.25) is 0 Å². The maximum Gasteiger partial charge on any atom is 0.224 e. The number of anilines is 1. The highest BCUT2D eigenvalue weighted by Gasteiger charge is 2.17. The van der Waals surface area contributed by atoms with Gasteiger partial charge in [0.2, 0.25) is 5.91 Å². The zero-order chi connectivity index (χ0) is 14.8. The SMILES string of the molecule is CCc1ccc(C(Br)c2ccc3c(c2)CCCC(=O)N3)s1. The summed E-state index contributed by atoms with van der Waals surface area (Å²) >= 11 is 5.68. The van der Waals surface area contributed by atoms with Gasteiger partial charge in [0.15, 0.2) is 0 Å². The highest BCUT2D eigenvalue weighted by atomic mass is 79.9. The molecular weight excluding hydrogens is 346 g/mol. The second-order valence-electron chi connectivity index (χ2n) is 5.34. The topological polar surface area (TPSA) is 29.1 Å². The van der Waals surface area contributed by atoms with Gasteiger partial charge in [-0.05, 0) is 48.6 Å². The monoisotopic (exact) mass is 363 g/mol. The van der Waals surface area contributed by atoms with Crippen LogP contribution in [0.3, 0.4) is 0 Å². The van der Waals surface area contributed by atoms with Crippen LogP contribution in [0.15, 0.2) is 30.3 Å². The average molecular weight is 364 g/mol. The highest BCUT2D eigenvalue weighted by Crippen LogP contribution is 2.37. The first kappa shape index (κ1) is 14.8. The lowest BCUT2D eigenvalue weighted by Gasteiger charge is -2.13. The van der Waals surface area contributed by atoms with Gasteiger partial charge in [-0.1, -0.05) is 35.0 Å². The summed E-state index contributed by atoms with van der Waals surface area (Å²) in [6.45, 7) is 2.18. The van der Waals surface area contributed by atoms with Gasteiger partial charge in [-0.3, -0.25) is 4.79 Å². The molecule has 0 saturated carbocycles.